The number of hydrogen-bond donors (Lipinski definition) is 0. The Hall–Kier alpha value is -3.46. The first-order valence-corrected chi connectivity index (χ1v) is 13.8. The predicted octanol–water partition coefficient (Wildman–Crippen LogP) is 9.28. The molecule has 0 aliphatic heterocycles. The Bertz CT molecular complexity index is 957. The van der Waals surface area contributed by atoms with Crippen LogP contribution >= 0.6 is 0 Å². The van der Waals surface area contributed by atoms with Crippen LogP contribution in [0.5, 0.6) is 0 Å². The van der Waals surface area contributed by atoms with Crippen molar-refractivity contribution in [2.45, 2.75) is 78.1 Å². The lowest BCUT2D eigenvalue weighted by Gasteiger charge is -2.06. The highest BCUT2D eigenvalue weighted by Gasteiger charge is 2.17. The van der Waals surface area contributed by atoms with Crippen molar-refractivity contribution in [1.82, 2.24) is 0 Å². The van der Waals surface area contributed by atoms with Gasteiger partial charge in [0.15, 0.2) is 0 Å². The standard InChI is InChI=1S/C34H42O3/c1-3-5-7-9-11-19-25-31(27-29-21-15-13-16-22-29)33(35)37-34(36)32(26-20-12-10-8-6-4-2)28-30-23-17-14-18-24-30/h13-28H,3-12H2,1-2H3. The van der Waals surface area contributed by atoms with E-state index in [-0.39, 0.29) is 0 Å². The summed E-state index contributed by atoms with van der Waals surface area (Å²) in [6.07, 6.45) is 22.1. The molecule has 0 aliphatic rings. The summed E-state index contributed by atoms with van der Waals surface area (Å²) in [5.74, 6) is -1.29. The van der Waals surface area contributed by atoms with Gasteiger partial charge < -0.3 is 4.74 Å². The average molecular weight is 499 g/mol. The summed E-state index contributed by atoms with van der Waals surface area (Å²) in [4.78, 5) is 26.2. The Kier molecular flexibility index (Phi) is 15.1. The number of unbranched alkanes of at least 4 members (excludes halogenated alkanes) is 8. The Balaban J connectivity index is 2.18. The second-order valence-electron chi connectivity index (χ2n) is 9.20. The third-order valence-electron chi connectivity index (χ3n) is 5.94. The number of carbonyl (C=O) groups is 2. The third-order valence-corrected chi connectivity index (χ3v) is 5.94. The number of esters is 2. The molecule has 0 heterocycles. The van der Waals surface area contributed by atoms with Crippen molar-refractivity contribution in [3.63, 3.8) is 0 Å². The number of hydrogen-bond acceptors (Lipinski definition) is 3. The normalized spacial score (nSPS) is 12.4. The predicted molar refractivity (Wildman–Crippen MR) is 156 cm³/mol. The zero-order valence-corrected chi connectivity index (χ0v) is 22.5. The lowest BCUT2D eigenvalue weighted by molar-refractivity contribution is -0.153. The van der Waals surface area contributed by atoms with Crippen LogP contribution in [0.15, 0.2) is 96.1 Å². The Morgan fingerprint density at radius 2 is 1.00 bits per heavy atom. The molecule has 3 heteroatoms. The summed E-state index contributed by atoms with van der Waals surface area (Å²) in [7, 11) is 0. The van der Waals surface area contributed by atoms with Crippen molar-refractivity contribution in [2.75, 3.05) is 0 Å². The first-order chi connectivity index (χ1) is 18.1. The summed E-state index contributed by atoms with van der Waals surface area (Å²) >= 11 is 0. The SMILES string of the molecule is CCCCCCC=CC(=Cc1ccccc1)C(=O)OC(=O)C(C=CCCCCCC)=Cc1ccccc1. The van der Waals surface area contributed by atoms with Gasteiger partial charge in [0, 0.05) is 0 Å². The van der Waals surface area contributed by atoms with Gasteiger partial charge in [-0.25, -0.2) is 9.59 Å². The van der Waals surface area contributed by atoms with Gasteiger partial charge in [-0.1, -0.05) is 137 Å². The van der Waals surface area contributed by atoms with Crippen LogP contribution in [0.1, 0.15) is 89.2 Å². The van der Waals surface area contributed by atoms with Crippen molar-refractivity contribution in [2.24, 2.45) is 0 Å². The molecule has 37 heavy (non-hydrogen) atoms. The van der Waals surface area contributed by atoms with Gasteiger partial charge in [-0.15, -0.1) is 0 Å². The highest BCUT2D eigenvalue weighted by atomic mass is 16.6. The number of carbonyl (C=O) groups excluding carboxylic acids is 2. The topological polar surface area (TPSA) is 43.4 Å². The van der Waals surface area contributed by atoms with Crippen LogP contribution in [-0.4, -0.2) is 11.9 Å². The minimum atomic E-state index is -0.644. The smallest absolute Gasteiger partial charge is 0.346 e. The highest BCUT2D eigenvalue weighted by molar-refractivity contribution is 6.08. The molecule has 0 amide bonds. The van der Waals surface area contributed by atoms with Gasteiger partial charge in [-0.05, 0) is 49.0 Å². The first kappa shape index (κ1) is 29.8. The van der Waals surface area contributed by atoms with Crippen LogP contribution in [0, 0.1) is 0 Å². The summed E-state index contributed by atoms with van der Waals surface area (Å²) in [6.45, 7) is 4.37. The fraction of sp³-hybridized carbons (Fsp3) is 0.353. The van der Waals surface area contributed by atoms with Gasteiger partial charge in [0.2, 0.25) is 0 Å². The molecule has 0 radical (unpaired) electrons. The molecule has 0 fully saturated rings. The minimum absolute atomic E-state index is 0.359. The molecule has 0 aromatic heterocycles. The summed E-state index contributed by atoms with van der Waals surface area (Å²) in [6, 6.07) is 19.2. The molecule has 2 aromatic rings. The van der Waals surface area contributed by atoms with Crippen LogP contribution in [0.25, 0.3) is 12.2 Å². The second kappa shape index (κ2) is 18.8. The van der Waals surface area contributed by atoms with E-state index in [0.717, 1.165) is 36.8 Å². The highest BCUT2D eigenvalue weighted by Crippen LogP contribution is 2.15. The van der Waals surface area contributed by atoms with Gasteiger partial charge in [-0.3, -0.25) is 0 Å². The zero-order chi connectivity index (χ0) is 26.6. The third kappa shape index (κ3) is 12.9. The van der Waals surface area contributed by atoms with Crippen molar-refractivity contribution >= 4 is 24.1 Å². The summed E-state index contributed by atoms with van der Waals surface area (Å²) in [5, 5.41) is 0. The maximum atomic E-state index is 13.1. The lowest BCUT2D eigenvalue weighted by atomic mass is 10.1. The molecule has 0 bridgehead atoms. The molecule has 0 saturated heterocycles. The van der Waals surface area contributed by atoms with Crippen molar-refractivity contribution in [1.29, 1.82) is 0 Å². The molecule has 0 aliphatic carbocycles. The van der Waals surface area contributed by atoms with E-state index in [1.165, 1.54) is 38.5 Å². The zero-order valence-electron chi connectivity index (χ0n) is 22.5. The van der Waals surface area contributed by atoms with Crippen LogP contribution in [0.3, 0.4) is 0 Å². The average Bonchev–Trinajstić information content (AvgIpc) is 2.92. The largest absolute Gasteiger partial charge is 0.386 e. The first-order valence-electron chi connectivity index (χ1n) is 13.8. The van der Waals surface area contributed by atoms with Crippen LogP contribution < -0.4 is 0 Å². The molecule has 0 N–H and O–H groups in total. The molecule has 0 atom stereocenters. The molecule has 3 nitrogen and oxygen atoms in total. The van der Waals surface area contributed by atoms with Crippen molar-refractivity contribution in [3.05, 3.63) is 107 Å². The van der Waals surface area contributed by atoms with Gasteiger partial charge in [0.25, 0.3) is 0 Å². The number of ether oxygens (including phenoxy) is 1. The maximum Gasteiger partial charge on any atom is 0.346 e. The molecule has 2 rings (SSSR count). The molecule has 0 unspecified atom stereocenters. The lowest BCUT2D eigenvalue weighted by Crippen LogP contribution is -2.15. The van der Waals surface area contributed by atoms with Crippen LogP contribution in [0.4, 0.5) is 0 Å². The Labute approximate surface area is 223 Å². The van der Waals surface area contributed by atoms with E-state index in [4.69, 9.17) is 4.74 Å². The van der Waals surface area contributed by atoms with Crippen molar-refractivity contribution in [3.8, 4) is 0 Å². The second-order valence-corrected chi connectivity index (χ2v) is 9.20. The molecular weight excluding hydrogens is 456 g/mol. The van der Waals surface area contributed by atoms with Gasteiger partial charge in [-0.2, -0.15) is 0 Å². The number of allylic oxidation sites excluding steroid dienone is 2. The maximum absolute atomic E-state index is 13.1. The Morgan fingerprint density at radius 1 is 0.595 bits per heavy atom. The number of benzene rings is 2. The quantitative estimate of drug-likeness (QED) is 0.0761. The van der Waals surface area contributed by atoms with Gasteiger partial charge >= 0.3 is 11.9 Å². The van der Waals surface area contributed by atoms with E-state index in [9.17, 15) is 9.59 Å². The molecule has 0 saturated carbocycles. The van der Waals surface area contributed by atoms with E-state index in [0.29, 0.717) is 11.1 Å². The molecule has 2 aromatic carbocycles. The fourth-order valence-electron chi connectivity index (χ4n) is 3.81. The van der Waals surface area contributed by atoms with E-state index < -0.39 is 11.9 Å². The molecule has 196 valence electrons. The van der Waals surface area contributed by atoms with Crippen molar-refractivity contribution < 1.29 is 14.3 Å². The molecular formula is C34H42O3. The Morgan fingerprint density at radius 3 is 1.38 bits per heavy atom. The van der Waals surface area contributed by atoms with E-state index >= 15 is 0 Å². The van der Waals surface area contributed by atoms with Crippen LogP contribution in [0.2, 0.25) is 0 Å². The minimum Gasteiger partial charge on any atom is -0.386 e. The molecule has 0 spiro atoms. The summed E-state index contributed by atoms with van der Waals surface area (Å²) < 4.78 is 5.39. The van der Waals surface area contributed by atoms with E-state index in [1.807, 2.05) is 72.8 Å². The van der Waals surface area contributed by atoms with Gasteiger partial charge in [0.1, 0.15) is 0 Å². The van der Waals surface area contributed by atoms with Crippen LogP contribution in [-0.2, 0) is 14.3 Å². The fourth-order valence-corrected chi connectivity index (χ4v) is 3.81. The van der Waals surface area contributed by atoms with E-state index in [2.05, 4.69) is 13.8 Å². The monoisotopic (exact) mass is 498 g/mol. The van der Waals surface area contributed by atoms with E-state index in [1.54, 1.807) is 24.3 Å². The van der Waals surface area contributed by atoms with Gasteiger partial charge in [0.05, 0.1) is 11.1 Å². The number of rotatable bonds is 16. The summed E-state index contributed by atoms with van der Waals surface area (Å²) in [5.41, 5.74) is 2.48.